The fraction of sp³-hybridized carbons (Fsp3) is 0.250. The molecule has 0 saturated carbocycles. The van der Waals surface area contributed by atoms with Gasteiger partial charge >= 0.3 is 6.92 Å². The van der Waals surface area contributed by atoms with Crippen LogP contribution in [0.5, 0.6) is 5.75 Å². The average Bonchev–Trinajstić information content (AvgIpc) is 2.05. The number of ether oxygens (including phenoxy) is 1. The molecule has 0 radical (unpaired) electrons. The second-order valence-corrected chi connectivity index (χ2v) is 2.45. The Hall–Kier alpha value is -0.955. The Labute approximate surface area is 66.9 Å². The van der Waals surface area contributed by atoms with Crippen molar-refractivity contribution in [1.82, 2.24) is 0 Å². The van der Waals surface area contributed by atoms with E-state index in [1.54, 1.807) is 13.9 Å². The van der Waals surface area contributed by atoms with Gasteiger partial charge in [0.1, 0.15) is 5.75 Å². The lowest BCUT2D eigenvalue weighted by Gasteiger charge is -2.03. The molecule has 11 heavy (non-hydrogen) atoms. The highest BCUT2D eigenvalue weighted by molar-refractivity contribution is 6.64. The molecule has 0 saturated heterocycles. The van der Waals surface area contributed by atoms with Crippen LogP contribution in [0.1, 0.15) is 0 Å². The molecule has 0 atom stereocenters. The van der Waals surface area contributed by atoms with Crippen LogP contribution in [-0.4, -0.2) is 19.0 Å². The lowest BCUT2D eigenvalue weighted by Crippen LogP contribution is -2.25. The molecular formula is C8H11BO2. The third kappa shape index (κ3) is 1.98. The van der Waals surface area contributed by atoms with Crippen molar-refractivity contribution in [1.29, 1.82) is 0 Å². The van der Waals surface area contributed by atoms with Crippen molar-refractivity contribution >= 4 is 12.4 Å². The zero-order valence-corrected chi connectivity index (χ0v) is 6.74. The van der Waals surface area contributed by atoms with E-state index in [4.69, 9.17) is 4.74 Å². The van der Waals surface area contributed by atoms with Gasteiger partial charge < -0.3 is 9.76 Å². The highest BCUT2D eigenvalue weighted by Gasteiger charge is 2.05. The third-order valence-corrected chi connectivity index (χ3v) is 1.58. The van der Waals surface area contributed by atoms with Crippen LogP contribution in [-0.2, 0) is 0 Å². The summed E-state index contributed by atoms with van der Waals surface area (Å²) in [6.07, 6.45) is 0. The first-order valence-corrected chi connectivity index (χ1v) is 3.56. The van der Waals surface area contributed by atoms with E-state index in [0.29, 0.717) is 0 Å². The molecule has 0 fully saturated rings. The highest BCUT2D eigenvalue weighted by Crippen LogP contribution is 2.05. The maximum absolute atomic E-state index is 9.19. The standard InChI is InChI=1S/C8H11BO2/c1-9(10)7-4-3-5-8(6-7)11-2/h3-6,10H,1-2H3. The molecule has 1 rings (SSSR count). The van der Waals surface area contributed by atoms with Crippen LogP contribution < -0.4 is 10.2 Å². The molecule has 0 aliphatic heterocycles. The summed E-state index contributed by atoms with van der Waals surface area (Å²) in [4.78, 5) is 0. The summed E-state index contributed by atoms with van der Waals surface area (Å²) in [6, 6.07) is 7.41. The van der Waals surface area contributed by atoms with Gasteiger partial charge in [-0.15, -0.1) is 0 Å². The molecule has 1 aromatic rings. The number of methoxy groups -OCH3 is 1. The fourth-order valence-corrected chi connectivity index (χ4v) is 0.901. The van der Waals surface area contributed by atoms with Crippen molar-refractivity contribution < 1.29 is 9.76 Å². The first-order chi connectivity index (χ1) is 5.24. The molecule has 0 aliphatic rings. The lowest BCUT2D eigenvalue weighted by atomic mass is 9.64. The van der Waals surface area contributed by atoms with Crippen molar-refractivity contribution in [2.75, 3.05) is 7.11 Å². The van der Waals surface area contributed by atoms with Crippen molar-refractivity contribution in [3.05, 3.63) is 24.3 Å². The monoisotopic (exact) mass is 150 g/mol. The minimum absolute atomic E-state index is 0.426. The Morgan fingerprint density at radius 1 is 1.45 bits per heavy atom. The van der Waals surface area contributed by atoms with Gasteiger partial charge in [-0.2, -0.15) is 0 Å². The largest absolute Gasteiger partial charge is 0.497 e. The van der Waals surface area contributed by atoms with Crippen molar-refractivity contribution in [2.24, 2.45) is 0 Å². The number of rotatable bonds is 2. The smallest absolute Gasteiger partial charge is 0.320 e. The van der Waals surface area contributed by atoms with Crippen LogP contribution >= 0.6 is 0 Å². The van der Waals surface area contributed by atoms with Crippen LogP contribution in [0.2, 0.25) is 6.82 Å². The fourth-order valence-electron chi connectivity index (χ4n) is 0.901. The second kappa shape index (κ2) is 3.44. The van der Waals surface area contributed by atoms with Gasteiger partial charge in [0.2, 0.25) is 0 Å². The third-order valence-electron chi connectivity index (χ3n) is 1.58. The van der Waals surface area contributed by atoms with Crippen molar-refractivity contribution in [2.45, 2.75) is 6.82 Å². The molecule has 0 unspecified atom stereocenters. The minimum Gasteiger partial charge on any atom is -0.497 e. The van der Waals surface area contributed by atoms with E-state index in [1.807, 2.05) is 24.3 Å². The molecular weight excluding hydrogens is 139 g/mol. The Kier molecular flexibility index (Phi) is 2.55. The second-order valence-electron chi connectivity index (χ2n) is 2.45. The van der Waals surface area contributed by atoms with E-state index >= 15 is 0 Å². The molecule has 0 bridgehead atoms. The molecule has 1 aromatic carbocycles. The van der Waals surface area contributed by atoms with E-state index < -0.39 is 6.92 Å². The number of hydrogen-bond donors (Lipinski definition) is 1. The van der Waals surface area contributed by atoms with Crippen LogP contribution in [0.4, 0.5) is 0 Å². The minimum atomic E-state index is -0.426. The molecule has 3 heteroatoms. The first-order valence-electron chi connectivity index (χ1n) is 3.56. The Morgan fingerprint density at radius 2 is 2.18 bits per heavy atom. The SMILES string of the molecule is COc1cccc(B(C)O)c1. The topological polar surface area (TPSA) is 29.5 Å². The van der Waals surface area contributed by atoms with Gasteiger partial charge in [0.05, 0.1) is 7.11 Å². The van der Waals surface area contributed by atoms with Gasteiger partial charge in [0.25, 0.3) is 0 Å². The van der Waals surface area contributed by atoms with E-state index in [0.717, 1.165) is 11.2 Å². The molecule has 2 nitrogen and oxygen atoms in total. The summed E-state index contributed by atoms with van der Waals surface area (Å²) in [7, 11) is 1.61. The van der Waals surface area contributed by atoms with Gasteiger partial charge in [-0.25, -0.2) is 0 Å². The van der Waals surface area contributed by atoms with Crippen molar-refractivity contribution in [3.8, 4) is 5.75 Å². The van der Waals surface area contributed by atoms with Crippen LogP contribution in [0.25, 0.3) is 0 Å². The summed E-state index contributed by atoms with van der Waals surface area (Å²) >= 11 is 0. The summed E-state index contributed by atoms with van der Waals surface area (Å²) in [5.41, 5.74) is 0.879. The van der Waals surface area contributed by atoms with E-state index in [2.05, 4.69) is 0 Å². The van der Waals surface area contributed by atoms with E-state index in [-0.39, 0.29) is 0 Å². The quantitative estimate of drug-likeness (QED) is 0.622. The van der Waals surface area contributed by atoms with Gasteiger partial charge in [-0.1, -0.05) is 19.0 Å². The van der Waals surface area contributed by atoms with Gasteiger partial charge in [0, 0.05) is 0 Å². The van der Waals surface area contributed by atoms with E-state index in [9.17, 15) is 5.02 Å². The number of benzene rings is 1. The zero-order valence-electron chi connectivity index (χ0n) is 6.74. The first kappa shape index (κ1) is 8.14. The van der Waals surface area contributed by atoms with Crippen molar-refractivity contribution in [3.63, 3.8) is 0 Å². The van der Waals surface area contributed by atoms with E-state index in [1.165, 1.54) is 0 Å². The highest BCUT2D eigenvalue weighted by atomic mass is 16.5. The summed E-state index contributed by atoms with van der Waals surface area (Å²) in [5.74, 6) is 0.781. The van der Waals surface area contributed by atoms with Gasteiger partial charge in [0.15, 0.2) is 0 Å². The summed E-state index contributed by atoms with van der Waals surface area (Å²) in [6.45, 7) is 1.31. The molecule has 0 spiro atoms. The van der Waals surface area contributed by atoms with Crippen LogP contribution in [0.15, 0.2) is 24.3 Å². The maximum atomic E-state index is 9.19. The number of hydrogen-bond acceptors (Lipinski definition) is 2. The summed E-state index contributed by atoms with van der Waals surface area (Å²) in [5, 5.41) is 9.19. The van der Waals surface area contributed by atoms with Gasteiger partial charge in [-0.3, -0.25) is 0 Å². The Balaban J connectivity index is 2.91. The van der Waals surface area contributed by atoms with Gasteiger partial charge in [-0.05, 0) is 17.6 Å². The summed E-state index contributed by atoms with van der Waals surface area (Å²) < 4.78 is 4.99. The molecule has 0 amide bonds. The molecule has 0 aliphatic carbocycles. The normalized spacial score (nSPS) is 9.36. The predicted octanol–water partition coefficient (Wildman–Crippen LogP) is 0.516. The predicted molar refractivity (Wildman–Crippen MR) is 46.5 cm³/mol. The molecule has 1 N–H and O–H groups in total. The Morgan fingerprint density at radius 3 is 2.73 bits per heavy atom. The molecule has 58 valence electrons. The molecule has 0 aromatic heterocycles. The average molecular weight is 150 g/mol. The lowest BCUT2D eigenvalue weighted by molar-refractivity contribution is 0.415. The zero-order chi connectivity index (χ0) is 8.27. The van der Waals surface area contributed by atoms with Crippen LogP contribution in [0, 0.1) is 0 Å². The maximum Gasteiger partial charge on any atom is 0.320 e. The Bertz CT molecular complexity index is 235. The van der Waals surface area contributed by atoms with Crippen LogP contribution in [0.3, 0.4) is 0 Å². The molecule has 0 heterocycles.